The maximum atomic E-state index is 10.7. The summed E-state index contributed by atoms with van der Waals surface area (Å²) in [5.74, 6) is -1.67. The second-order valence-corrected chi connectivity index (χ2v) is 2.08. The van der Waals surface area contributed by atoms with E-state index in [0.717, 1.165) is 0 Å². The highest BCUT2D eigenvalue weighted by atomic mass is 16.5. The largest absolute Gasteiger partial charge is 0.481 e. The zero-order valence-electron chi connectivity index (χ0n) is 6.63. The second-order valence-electron chi connectivity index (χ2n) is 2.08. The highest BCUT2D eigenvalue weighted by Crippen LogP contribution is 2.00. The molecule has 0 radical (unpaired) electrons. The van der Waals surface area contributed by atoms with Gasteiger partial charge in [-0.2, -0.15) is 0 Å². The Labute approximate surface area is 65.1 Å². The smallest absolute Gasteiger partial charge is 0.340 e. The maximum Gasteiger partial charge on any atom is 0.340 e. The first-order valence-corrected chi connectivity index (χ1v) is 3.35. The Balaban J connectivity index is 3.95. The zero-order chi connectivity index (χ0) is 8.85. The summed E-state index contributed by atoms with van der Waals surface area (Å²) in [5, 5.41) is 16.8. The third kappa shape index (κ3) is 3.50. The fraction of sp³-hybridized carbons (Fsp3) is 0.571. The van der Waals surface area contributed by atoms with Crippen LogP contribution in [0, 0.1) is 0 Å². The summed E-state index contributed by atoms with van der Waals surface area (Å²) in [6, 6.07) is 0. The van der Waals surface area contributed by atoms with E-state index >= 15 is 0 Å². The number of carbonyl (C=O) groups excluding carboxylic acids is 1. The lowest BCUT2D eigenvalue weighted by Crippen LogP contribution is -2.08. The first-order chi connectivity index (χ1) is 5.09. The first kappa shape index (κ1) is 9.81. The molecule has 0 heterocycles. The predicted molar refractivity (Wildman–Crippen MR) is 39.2 cm³/mol. The summed E-state index contributed by atoms with van der Waals surface area (Å²) >= 11 is 0. The van der Waals surface area contributed by atoms with Crippen LogP contribution >= 0.6 is 0 Å². The number of ether oxygens (including phenoxy) is 1. The van der Waals surface area contributed by atoms with E-state index in [1.807, 2.05) is 6.92 Å². The molecule has 0 aliphatic heterocycles. The number of aliphatic hydroxyl groups is 2. The van der Waals surface area contributed by atoms with Crippen molar-refractivity contribution in [2.24, 2.45) is 0 Å². The average Bonchev–Trinajstić information content (AvgIpc) is 1.98. The number of carbonyl (C=O) groups is 1. The molecular formula is C7H12O4. The molecular weight excluding hydrogens is 148 g/mol. The second kappa shape index (κ2) is 4.60. The Bertz CT molecular complexity index is 167. The molecule has 2 N–H and O–H groups in total. The summed E-state index contributed by atoms with van der Waals surface area (Å²) < 4.78 is 4.60. The van der Waals surface area contributed by atoms with E-state index < -0.39 is 11.9 Å². The minimum absolute atomic E-state index is 0.168. The van der Waals surface area contributed by atoms with Crippen molar-refractivity contribution < 1.29 is 19.7 Å². The zero-order valence-corrected chi connectivity index (χ0v) is 6.63. The van der Waals surface area contributed by atoms with Crippen LogP contribution in [0.5, 0.6) is 0 Å². The summed E-state index contributed by atoms with van der Waals surface area (Å²) in [6.07, 6.45) is 0.714. The molecule has 4 nitrogen and oxygen atoms in total. The Morgan fingerprint density at radius 3 is 2.36 bits per heavy atom. The van der Waals surface area contributed by atoms with E-state index in [2.05, 4.69) is 4.74 Å². The number of hydrogen-bond acceptors (Lipinski definition) is 4. The SMILES string of the molecule is CCCOC(=O)C(C)=C(O)O. The summed E-state index contributed by atoms with van der Waals surface area (Å²) in [4.78, 5) is 10.7. The molecule has 0 fully saturated rings. The minimum atomic E-state index is -0.980. The molecule has 0 aliphatic carbocycles. The van der Waals surface area contributed by atoms with Crippen molar-refractivity contribution >= 4 is 5.97 Å². The van der Waals surface area contributed by atoms with E-state index in [-0.39, 0.29) is 5.57 Å². The normalized spacial score (nSPS) is 8.91. The molecule has 0 saturated heterocycles. The Morgan fingerprint density at radius 2 is 2.00 bits per heavy atom. The molecule has 0 aromatic heterocycles. The van der Waals surface area contributed by atoms with Gasteiger partial charge in [0.2, 0.25) is 0 Å². The quantitative estimate of drug-likeness (QED) is 0.371. The van der Waals surface area contributed by atoms with Gasteiger partial charge in [-0.15, -0.1) is 0 Å². The van der Waals surface area contributed by atoms with Gasteiger partial charge < -0.3 is 14.9 Å². The van der Waals surface area contributed by atoms with Crippen LogP contribution < -0.4 is 0 Å². The molecule has 0 saturated carbocycles. The minimum Gasteiger partial charge on any atom is -0.481 e. The molecule has 0 unspecified atom stereocenters. The van der Waals surface area contributed by atoms with Gasteiger partial charge in [-0.05, 0) is 13.3 Å². The summed E-state index contributed by atoms with van der Waals surface area (Å²) in [5.41, 5.74) is -0.168. The molecule has 0 atom stereocenters. The summed E-state index contributed by atoms with van der Waals surface area (Å²) in [6.45, 7) is 3.43. The highest BCUT2D eigenvalue weighted by molar-refractivity contribution is 5.87. The van der Waals surface area contributed by atoms with Crippen LogP contribution in [0.2, 0.25) is 0 Å². The van der Waals surface area contributed by atoms with Crippen LogP contribution in [-0.4, -0.2) is 22.8 Å². The van der Waals surface area contributed by atoms with Gasteiger partial charge >= 0.3 is 5.97 Å². The predicted octanol–water partition coefficient (Wildman–Crippen LogP) is 1.29. The topological polar surface area (TPSA) is 66.8 Å². The molecule has 0 amide bonds. The lowest BCUT2D eigenvalue weighted by atomic mass is 10.3. The Kier molecular flexibility index (Phi) is 4.10. The standard InChI is InChI=1S/C7H12O4/c1-3-4-11-7(10)5(2)6(8)9/h8-9H,3-4H2,1-2H3. The van der Waals surface area contributed by atoms with E-state index in [1.54, 1.807) is 0 Å². The molecule has 0 rings (SSSR count). The van der Waals surface area contributed by atoms with E-state index in [1.165, 1.54) is 6.92 Å². The number of esters is 1. The van der Waals surface area contributed by atoms with Crippen molar-refractivity contribution in [3.8, 4) is 0 Å². The Morgan fingerprint density at radius 1 is 1.45 bits per heavy atom. The van der Waals surface area contributed by atoms with Crippen molar-refractivity contribution in [3.05, 3.63) is 11.5 Å². The fourth-order valence-electron chi connectivity index (χ4n) is 0.394. The van der Waals surface area contributed by atoms with Gasteiger partial charge in [-0.1, -0.05) is 6.92 Å². The lowest BCUT2D eigenvalue weighted by molar-refractivity contribution is -0.139. The fourth-order valence-corrected chi connectivity index (χ4v) is 0.394. The average molecular weight is 160 g/mol. The van der Waals surface area contributed by atoms with E-state index in [4.69, 9.17) is 10.2 Å². The maximum absolute atomic E-state index is 10.7. The lowest BCUT2D eigenvalue weighted by Gasteiger charge is -2.01. The number of rotatable bonds is 3. The molecule has 0 aromatic rings. The van der Waals surface area contributed by atoms with Crippen LogP contribution in [-0.2, 0) is 9.53 Å². The third-order valence-corrected chi connectivity index (χ3v) is 1.08. The molecule has 64 valence electrons. The van der Waals surface area contributed by atoms with Gasteiger partial charge in [0.15, 0.2) is 0 Å². The van der Waals surface area contributed by atoms with Crippen LogP contribution in [0.3, 0.4) is 0 Å². The molecule has 0 aliphatic rings. The number of hydrogen-bond donors (Lipinski definition) is 2. The van der Waals surface area contributed by atoms with Gasteiger partial charge in [0.25, 0.3) is 5.95 Å². The van der Waals surface area contributed by atoms with Crippen molar-refractivity contribution in [2.75, 3.05) is 6.61 Å². The van der Waals surface area contributed by atoms with E-state index in [0.29, 0.717) is 13.0 Å². The van der Waals surface area contributed by atoms with Crippen LogP contribution in [0.4, 0.5) is 0 Å². The van der Waals surface area contributed by atoms with Crippen molar-refractivity contribution in [3.63, 3.8) is 0 Å². The van der Waals surface area contributed by atoms with Gasteiger partial charge in [-0.25, -0.2) is 4.79 Å². The molecule has 0 spiro atoms. The van der Waals surface area contributed by atoms with Crippen molar-refractivity contribution in [2.45, 2.75) is 20.3 Å². The van der Waals surface area contributed by atoms with E-state index in [9.17, 15) is 4.79 Å². The Hall–Kier alpha value is -1.19. The van der Waals surface area contributed by atoms with Gasteiger partial charge in [0.1, 0.15) is 5.57 Å². The first-order valence-electron chi connectivity index (χ1n) is 3.35. The molecule has 4 heteroatoms. The molecule has 0 aromatic carbocycles. The van der Waals surface area contributed by atoms with Crippen molar-refractivity contribution in [1.29, 1.82) is 0 Å². The van der Waals surface area contributed by atoms with Gasteiger partial charge in [-0.3, -0.25) is 0 Å². The highest BCUT2D eigenvalue weighted by Gasteiger charge is 2.09. The molecule has 11 heavy (non-hydrogen) atoms. The van der Waals surface area contributed by atoms with Crippen LogP contribution in [0.15, 0.2) is 11.5 Å². The molecule has 0 bridgehead atoms. The summed E-state index contributed by atoms with van der Waals surface area (Å²) in [7, 11) is 0. The monoisotopic (exact) mass is 160 g/mol. The number of aliphatic hydroxyl groups excluding tert-OH is 1. The third-order valence-electron chi connectivity index (χ3n) is 1.08. The van der Waals surface area contributed by atoms with Crippen molar-refractivity contribution in [1.82, 2.24) is 0 Å². The van der Waals surface area contributed by atoms with Crippen LogP contribution in [0.1, 0.15) is 20.3 Å². The van der Waals surface area contributed by atoms with Gasteiger partial charge in [0, 0.05) is 0 Å². The van der Waals surface area contributed by atoms with Gasteiger partial charge in [0.05, 0.1) is 6.61 Å². The van der Waals surface area contributed by atoms with Crippen LogP contribution in [0.25, 0.3) is 0 Å².